The van der Waals surface area contributed by atoms with Gasteiger partial charge in [-0.15, -0.1) is 0 Å². The minimum atomic E-state index is -0.201. The third-order valence-electron chi connectivity index (χ3n) is 3.94. The van der Waals surface area contributed by atoms with Crippen LogP contribution in [0.25, 0.3) is 0 Å². The third kappa shape index (κ3) is 4.98. The van der Waals surface area contributed by atoms with Gasteiger partial charge in [-0.25, -0.2) is 0 Å². The van der Waals surface area contributed by atoms with E-state index in [0.717, 1.165) is 35.3 Å². The highest BCUT2D eigenvalue weighted by molar-refractivity contribution is 5.79. The summed E-state index contributed by atoms with van der Waals surface area (Å²) in [5.74, 6) is 0.400. The summed E-state index contributed by atoms with van der Waals surface area (Å²) in [6.07, 6.45) is 4.86. The number of carbonyl (C=O) groups excluding carboxylic acids is 1. The molecule has 1 unspecified atom stereocenters. The number of hydrogen-bond donors (Lipinski definition) is 1. The molecule has 1 aromatic heterocycles. The molecule has 1 atom stereocenters. The van der Waals surface area contributed by atoms with E-state index in [-0.39, 0.29) is 17.3 Å². The average molecular weight is 328 g/mol. The molecule has 1 heterocycles. The van der Waals surface area contributed by atoms with E-state index in [9.17, 15) is 10.0 Å². The molecule has 0 saturated carbocycles. The second kappa shape index (κ2) is 8.91. The smallest absolute Gasteiger partial charge is 0.251 e. The number of nitrogens with zero attached hydrogens (tertiary/aromatic N) is 2. The molecular formula is C19H24N2O3. The molecule has 0 aliphatic heterocycles. The second-order valence-electron chi connectivity index (χ2n) is 5.74. The molecule has 2 rings (SSSR count). The van der Waals surface area contributed by atoms with Crippen LogP contribution in [0.5, 0.6) is 5.75 Å². The predicted octanol–water partition coefficient (Wildman–Crippen LogP) is 3.21. The van der Waals surface area contributed by atoms with Crippen LogP contribution in [0.15, 0.2) is 53.7 Å². The Balaban J connectivity index is 2.19. The van der Waals surface area contributed by atoms with Gasteiger partial charge in [0.05, 0.1) is 7.11 Å². The first-order valence-corrected chi connectivity index (χ1v) is 8.22. The lowest BCUT2D eigenvalue weighted by Gasteiger charge is -2.13. The first-order chi connectivity index (χ1) is 11.6. The number of methoxy groups -OCH3 is 1. The van der Waals surface area contributed by atoms with E-state index in [2.05, 4.69) is 11.9 Å². The molecule has 0 bridgehead atoms. The molecule has 5 nitrogen and oxygen atoms in total. The lowest BCUT2D eigenvalue weighted by molar-refractivity contribution is -0.122. The lowest BCUT2D eigenvalue weighted by atomic mass is 9.93. The molecule has 0 radical (unpaired) electrons. The van der Waals surface area contributed by atoms with Gasteiger partial charge in [-0.2, -0.15) is 9.72 Å². The number of rotatable bonds is 7. The number of ether oxygens (including phenoxy) is 1. The van der Waals surface area contributed by atoms with E-state index >= 15 is 0 Å². The summed E-state index contributed by atoms with van der Waals surface area (Å²) in [7, 11) is 1.63. The van der Waals surface area contributed by atoms with E-state index in [1.165, 1.54) is 6.20 Å². The zero-order valence-corrected chi connectivity index (χ0v) is 14.2. The number of hydrogen-bond acceptors (Lipinski definition) is 3. The number of carbonyl (C=O) groups is 1. The van der Waals surface area contributed by atoms with Crippen molar-refractivity contribution in [2.75, 3.05) is 7.11 Å². The maximum atomic E-state index is 12.6. The first-order valence-electron chi connectivity index (χ1n) is 8.22. The van der Waals surface area contributed by atoms with Gasteiger partial charge in [-0.1, -0.05) is 38.0 Å². The number of unbranched alkanes of at least 4 members (excludes halogenated alkanes) is 1. The minimum absolute atomic E-state index is 0.196. The van der Waals surface area contributed by atoms with Crippen LogP contribution in [0.2, 0.25) is 0 Å². The Morgan fingerprint density at radius 3 is 2.62 bits per heavy atom. The molecule has 1 aromatic carbocycles. The molecule has 1 N–H and O–H groups in total. The molecule has 5 heteroatoms. The van der Waals surface area contributed by atoms with Gasteiger partial charge < -0.3 is 9.94 Å². The zero-order chi connectivity index (χ0) is 17.4. The highest BCUT2D eigenvalue weighted by Crippen LogP contribution is 2.19. The maximum absolute atomic E-state index is 12.6. The Kier molecular flexibility index (Phi) is 6.61. The van der Waals surface area contributed by atoms with Gasteiger partial charge in [0.2, 0.25) is 0 Å². The summed E-state index contributed by atoms with van der Waals surface area (Å²) in [6.45, 7) is 2.10. The molecule has 24 heavy (non-hydrogen) atoms. The van der Waals surface area contributed by atoms with Crippen molar-refractivity contribution in [1.29, 1.82) is 0 Å². The van der Waals surface area contributed by atoms with E-state index in [1.807, 2.05) is 24.3 Å². The van der Waals surface area contributed by atoms with Crippen molar-refractivity contribution in [2.24, 2.45) is 10.9 Å². The van der Waals surface area contributed by atoms with E-state index in [4.69, 9.17) is 4.74 Å². The third-order valence-corrected chi connectivity index (χ3v) is 3.94. The molecule has 0 spiro atoms. The fourth-order valence-corrected chi connectivity index (χ4v) is 2.53. The topological polar surface area (TPSA) is 63.8 Å². The number of aromatic nitrogens is 1. The lowest BCUT2D eigenvalue weighted by Crippen LogP contribution is -2.23. The standard InChI is InChI=1S/C19H24N2O3/c1-3-4-7-16(14-15-9-11-17(24-2)12-10-15)19(22)20-18-8-5-6-13-21(18)23/h5-6,8-13,16,23H,3-4,7,14H2,1-2H3. The Morgan fingerprint density at radius 2 is 2.00 bits per heavy atom. The quantitative estimate of drug-likeness (QED) is 0.794. The monoisotopic (exact) mass is 328 g/mol. The fourth-order valence-electron chi connectivity index (χ4n) is 2.53. The Morgan fingerprint density at radius 1 is 1.25 bits per heavy atom. The number of amides is 1. The van der Waals surface area contributed by atoms with Gasteiger partial charge in [0.25, 0.3) is 5.91 Å². The molecule has 0 saturated heterocycles. The van der Waals surface area contributed by atoms with Crippen molar-refractivity contribution in [3.05, 3.63) is 59.7 Å². The summed E-state index contributed by atoms with van der Waals surface area (Å²) >= 11 is 0. The van der Waals surface area contributed by atoms with Gasteiger partial charge in [-0.3, -0.25) is 4.79 Å². The molecule has 2 aromatic rings. The SMILES string of the molecule is CCCCC(Cc1ccc(OC)cc1)C(=O)N=c1ccccn1O. The van der Waals surface area contributed by atoms with Crippen molar-refractivity contribution in [3.8, 4) is 5.75 Å². The Hall–Kier alpha value is -2.56. The van der Waals surface area contributed by atoms with Crippen molar-refractivity contribution in [2.45, 2.75) is 32.6 Å². The van der Waals surface area contributed by atoms with Crippen LogP contribution < -0.4 is 10.2 Å². The van der Waals surface area contributed by atoms with Gasteiger partial charge in [0.15, 0.2) is 5.49 Å². The summed E-state index contributed by atoms with van der Waals surface area (Å²) in [5, 5.41) is 9.72. The van der Waals surface area contributed by atoms with Crippen LogP contribution in [0.4, 0.5) is 0 Å². The predicted molar refractivity (Wildman–Crippen MR) is 91.9 cm³/mol. The Labute approximate surface area is 142 Å². The molecule has 0 fully saturated rings. The molecule has 0 aliphatic rings. The fraction of sp³-hybridized carbons (Fsp3) is 0.368. The normalized spacial score (nSPS) is 12.8. The van der Waals surface area contributed by atoms with Crippen LogP contribution in [0, 0.1) is 5.92 Å². The van der Waals surface area contributed by atoms with Crippen LogP contribution in [0.3, 0.4) is 0 Å². The number of benzene rings is 1. The van der Waals surface area contributed by atoms with Crippen molar-refractivity contribution in [3.63, 3.8) is 0 Å². The molecular weight excluding hydrogens is 304 g/mol. The highest BCUT2D eigenvalue weighted by atomic mass is 16.5. The number of pyridine rings is 1. The van der Waals surface area contributed by atoms with E-state index in [0.29, 0.717) is 6.42 Å². The largest absolute Gasteiger partial charge is 0.497 e. The van der Waals surface area contributed by atoms with Gasteiger partial charge in [-0.05, 0) is 42.7 Å². The molecule has 128 valence electrons. The highest BCUT2D eigenvalue weighted by Gasteiger charge is 2.18. The molecule has 0 aliphatic carbocycles. The van der Waals surface area contributed by atoms with Crippen LogP contribution in [0.1, 0.15) is 31.7 Å². The first kappa shape index (κ1) is 17.8. The van der Waals surface area contributed by atoms with Gasteiger partial charge in [0, 0.05) is 12.1 Å². The van der Waals surface area contributed by atoms with Crippen LogP contribution in [-0.2, 0) is 11.2 Å². The summed E-state index contributed by atoms with van der Waals surface area (Å²) in [6, 6.07) is 12.8. The van der Waals surface area contributed by atoms with Crippen molar-refractivity contribution >= 4 is 5.91 Å². The molecule has 1 amide bonds. The van der Waals surface area contributed by atoms with Crippen molar-refractivity contribution < 1.29 is 14.7 Å². The second-order valence-corrected chi connectivity index (χ2v) is 5.74. The van der Waals surface area contributed by atoms with Gasteiger partial charge in [0.1, 0.15) is 5.75 Å². The summed E-state index contributed by atoms with van der Waals surface area (Å²) in [5.41, 5.74) is 1.32. The van der Waals surface area contributed by atoms with E-state index in [1.54, 1.807) is 25.3 Å². The average Bonchev–Trinajstić information content (AvgIpc) is 2.61. The summed E-state index contributed by atoms with van der Waals surface area (Å²) < 4.78 is 6.03. The van der Waals surface area contributed by atoms with Crippen molar-refractivity contribution in [1.82, 2.24) is 4.73 Å². The maximum Gasteiger partial charge on any atom is 0.251 e. The zero-order valence-electron chi connectivity index (χ0n) is 14.2. The minimum Gasteiger partial charge on any atom is -0.497 e. The summed E-state index contributed by atoms with van der Waals surface area (Å²) in [4.78, 5) is 16.7. The van der Waals surface area contributed by atoms with Gasteiger partial charge >= 0.3 is 0 Å². The van der Waals surface area contributed by atoms with Crippen LogP contribution >= 0.6 is 0 Å². The van der Waals surface area contributed by atoms with E-state index < -0.39 is 0 Å². The van der Waals surface area contributed by atoms with Crippen LogP contribution in [-0.4, -0.2) is 23.0 Å². The Bertz CT molecular complexity index is 720.